The van der Waals surface area contributed by atoms with E-state index in [0.717, 1.165) is 24.4 Å². The molecule has 0 amide bonds. The van der Waals surface area contributed by atoms with Crippen molar-refractivity contribution >= 4 is 5.69 Å². The van der Waals surface area contributed by atoms with Crippen molar-refractivity contribution in [1.29, 1.82) is 5.26 Å². The van der Waals surface area contributed by atoms with Crippen LogP contribution in [0.25, 0.3) is 0 Å². The maximum atomic E-state index is 8.79. The van der Waals surface area contributed by atoms with E-state index < -0.39 is 0 Å². The highest BCUT2D eigenvalue weighted by Gasteiger charge is 2.29. The first-order valence-corrected chi connectivity index (χ1v) is 8.00. The van der Waals surface area contributed by atoms with Gasteiger partial charge in [-0.2, -0.15) is 5.26 Å². The SMILES string of the molecule is N#Cc1ccc(Oc2cccc(NCc3nnc(C4CC4)o3)c2)nc1. The Labute approximate surface area is 144 Å². The van der Waals surface area contributed by atoms with E-state index in [-0.39, 0.29) is 0 Å². The molecule has 0 aliphatic heterocycles. The Morgan fingerprint density at radius 2 is 2.16 bits per heavy atom. The molecule has 2 heterocycles. The minimum Gasteiger partial charge on any atom is -0.439 e. The van der Waals surface area contributed by atoms with Gasteiger partial charge in [0.15, 0.2) is 0 Å². The fraction of sp³-hybridized carbons (Fsp3) is 0.222. The van der Waals surface area contributed by atoms with Gasteiger partial charge in [-0.05, 0) is 31.0 Å². The van der Waals surface area contributed by atoms with Gasteiger partial charge in [-0.15, -0.1) is 10.2 Å². The summed E-state index contributed by atoms with van der Waals surface area (Å²) in [5.41, 5.74) is 1.37. The molecular weight excluding hydrogens is 318 g/mol. The summed E-state index contributed by atoms with van der Waals surface area (Å²) in [6.07, 6.45) is 3.75. The lowest BCUT2D eigenvalue weighted by molar-refractivity contribution is 0.456. The monoisotopic (exact) mass is 333 g/mol. The molecule has 0 spiro atoms. The number of nitrogens with zero attached hydrogens (tertiary/aromatic N) is 4. The van der Waals surface area contributed by atoms with Crippen molar-refractivity contribution in [2.24, 2.45) is 0 Å². The predicted molar refractivity (Wildman–Crippen MR) is 89.1 cm³/mol. The minimum absolute atomic E-state index is 0.433. The van der Waals surface area contributed by atoms with E-state index in [0.29, 0.717) is 35.5 Å². The topological polar surface area (TPSA) is 96.9 Å². The van der Waals surface area contributed by atoms with Crippen LogP contribution in [-0.2, 0) is 6.54 Å². The van der Waals surface area contributed by atoms with E-state index in [1.54, 1.807) is 12.1 Å². The van der Waals surface area contributed by atoms with E-state index in [9.17, 15) is 0 Å². The Morgan fingerprint density at radius 1 is 1.24 bits per heavy atom. The molecule has 0 radical (unpaired) electrons. The maximum Gasteiger partial charge on any atom is 0.235 e. The first-order valence-electron chi connectivity index (χ1n) is 8.00. The summed E-state index contributed by atoms with van der Waals surface area (Å²) < 4.78 is 11.3. The molecule has 3 aromatic rings. The van der Waals surface area contributed by atoms with Crippen molar-refractivity contribution in [1.82, 2.24) is 15.2 Å². The number of hydrogen-bond acceptors (Lipinski definition) is 7. The van der Waals surface area contributed by atoms with E-state index in [4.69, 9.17) is 14.4 Å². The van der Waals surface area contributed by atoms with Crippen molar-refractivity contribution in [2.75, 3.05) is 5.32 Å². The molecule has 0 atom stereocenters. The number of aromatic nitrogens is 3. The molecule has 1 aliphatic rings. The zero-order valence-corrected chi connectivity index (χ0v) is 13.3. The number of nitrogens with one attached hydrogen (secondary N) is 1. The van der Waals surface area contributed by atoms with Crippen molar-refractivity contribution in [3.05, 3.63) is 59.9 Å². The molecule has 0 bridgehead atoms. The summed E-state index contributed by atoms with van der Waals surface area (Å²) in [6, 6.07) is 12.9. The Morgan fingerprint density at radius 3 is 2.92 bits per heavy atom. The quantitative estimate of drug-likeness (QED) is 0.735. The fourth-order valence-electron chi connectivity index (χ4n) is 2.31. The van der Waals surface area contributed by atoms with Crippen LogP contribution in [0.2, 0.25) is 0 Å². The summed E-state index contributed by atoms with van der Waals surface area (Å²) in [5, 5.41) is 20.1. The third-order valence-electron chi connectivity index (χ3n) is 3.77. The third kappa shape index (κ3) is 3.75. The van der Waals surface area contributed by atoms with Crippen LogP contribution in [0.5, 0.6) is 11.6 Å². The largest absolute Gasteiger partial charge is 0.439 e. The smallest absolute Gasteiger partial charge is 0.235 e. The molecule has 1 fully saturated rings. The van der Waals surface area contributed by atoms with Gasteiger partial charge < -0.3 is 14.5 Å². The van der Waals surface area contributed by atoms with Crippen LogP contribution in [0, 0.1) is 11.3 Å². The van der Waals surface area contributed by atoms with Crippen LogP contribution in [0.15, 0.2) is 47.0 Å². The third-order valence-corrected chi connectivity index (χ3v) is 3.77. The second kappa shape index (κ2) is 6.61. The van der Waals surface area contributed by atoms with E-state index in [1.807, 2.05) is 30.3 Å². The molecule has 4 rings (SSSR count). The van der Waals surface area contributed by atoms with Crippen molar-refractivity contribution in [2.45, 2.75) is 25.3 Å². The van der Waals surface area contributed by atoms with Crippen molar-refractivity contribution in [3.8, 4) is 17.7 Å². The van der Waals surface area contributed by atoms with E-state index >= 15 is 0 Å². The van der Waals surface area contributed by atoms with Crippen LogP contribution in [0.1, 0.15) is 36.1 Å². The number of hydrogen-bond donors (Lipinski definition) is 1. The Hall–Kier alpha value is -3.40. The van der Waals surface area contributed by atoms with Gasteiger partial charge in [-0.25, -0.2) is 4.98 Å². The molecule has 2 aromatic heterocycles. The van der Waals surface area contributed by atoms with Crippen LogP contribution >= 0.6 is 0 Å². The van der Waals surface area contributed by atoms with Crippen LogP contribution in [0.3, 0.4) is 0 Å². The Kier molecular flexibility index (Phi) is 4.01. The Bertz CT molecular complexity index is 910. The number of pyridine rings is 1. The minimum atomic E-state index is 0.433. The van der Waals surface area contributed by atoms with Gasteiger partial charge in [0.25, 0.3) is 0 Å². The summed E-state index contributed by atoms with van der Waals surface area (Å²) in [6.45, 7) is 0.457. The second-order valence-corrected chi connectivity index (χ2v) is 5.79. The highest BCUT2D eigenvalue weighted by Crippen LogP contribution is 2.39. The lowest BCUT2D eigenvalue weighted by atomic mass is 10.3. The van der Waals surface area contributed by atoms with Crippen LogP contribution in [-0.4, -0.2) is 15.2 Å². The molecule has 124 valence electrons. The first-order chi connectivity index (χ1) is 12.3. The lowest BCUT2D eigenvalue weighted by Crippen LogP contribution is -2.00. The van der Waals surface area contributed by atoms with Crippen LogP contribution in [0.4, 0.5) is 5.69 Å². The average Bonchev–Trinajstić information content (AvgIpc) is 3.39. The lowest BCUT2D eigenvalue weighted by Gasteiger charge is -2.08. The molecule has 1 aliphatic carbocycles. The van der Waals surface area contributed by atoms with E-state index in [1.165, 1.54) is 6.20 Å². The van der Waals surface area contributed by atoms with Gasteiger partial charge in [0.2, 0.25) is 17.7 Å². The van der Waals surface area contributed by atoms with Gasteiger partial charge in [0.05, 0.1) is 12.1 Å². The molecule has 1 N–H and O–H groups in total. The summed E-state index contributed by atoms with van der Waals surface area (Å²) in [5.74, 6) is 2.84. The zero-order chi connectivity index (χ0) is 17.1. The van der Waals surface area contributed by atoms with Gasteiger partial charge in [0, 0.05) is 29.9 Å². The standard InChI is InChI=1S/C18H15N5O2/c19-9-12-4-7-16(21-10-12)24-15-3-1-2-14(8-15)20-11-17-22-23-18(25-17)13-5-6-13/h1-4,7-8,10,13,20H,5-6,11H2. The van der Waals surface area contributed by atoms with Gasteiger partial charge in [-0.1, -0.05) is 6.07 Å². The summed E-state index contributed by atoms with van der Waals surface area (Å²) in [4.78, 5) is 4.09. The average molecular weight is 333 g/mol. The van der Waals surface area contributed by atoms with Crippen LogP contribution < -0.4 is 10.1 Å². The van der Waals surface area contributed by atoms with Crippen molar-refractivity contribution < 1.29 is 9.15 Å². The second-order valence-electron chi connectivity index (χ2n) is 5.79. The molecule has 0 unspecified atom stereocenters. The van der Waals surface area contributed by atoms with Gasteiger partial charge in [0.1, 0.15) is 11.8 Å². The molecule has 25 heavy (non-hydrogen) atoms. The number of rotatable bonds is 6. The number of benzene rings is 1. The fourth-order valence-corrected chi connectivity index (χ4v) is 2.31. The first kappa shape index (κ1) is 15.1. The van der Waals surface area contributed by atoms with Gasteiger partial charge >= 0.3 is 0 Å². The van der Waals surface area contributed by atoms with E-state index in [2.05, 4.69) is 20.5 Å². The molecule has 7 heteroatoms. The highest BCUT2D eigenvalue weighted by molar-refractivity contribution is 5.48. The summed E-state index contributed by atoms with van der Waals surface area (Å²) in [7, 11) is 0. The predicted octanol–water partition coefficient (Wildman–Crippen LogP) is 3.62. The number of anilines is 1. The Balaban J connectivity index is 1.38. The molecular formula is C18H15N5O2. The zero-order valence-electron chi connectivity index (χ0n) is 13.3. The number of nitriles is 1. The van der Waals surface area contributed by atoms with Crippen molar-refractivity contribution in [3.63, 3.8) is 0 Å². The summed E-state index contributed by atoms with van der Waals surface area (Å²) >= 11 is 0. The highest BCUT2D eigenvalue weighted by atomic mass is 16.5. The molecule has 1 aromatic carbocycles. The normalized spacial score (nSPS) is 13.2. The molecule has 7 nitrogen and oxygen atoms in total. The van der Waals surface area contributed by atoms with Gasteiger partial charge in [-0.3, -0.25) is 0 Å². The maximum absolute atomic E-state index is 8.79. The molecule has 1 saturated carbocycles. The number of ether oxygens (including phenoxy) is 1. The molecule has 0 saturated heterocycles.